The number of nitriles is 1. The molecular weight excluding hydrogens is 274 g/mol. The fourth-order valence-electron chi connectivity index (χ4n) is 6.34. The van der Waals surface area contributed by atoms with Gasteiger partial charge >= 0.3 is 0 Å². The number of carbonyl (C=O) groups is 1. The lowest BCUT2D eigenvalue weighted by Gasteiger charge is -2.59. The van der Waals surface area contributed by atoms with E-state index in [1.54, 1.807) is 6.92 Å². The Labute approximate surface area is 134 Å². The predicted molar refractivity (Wildman–Crippen MR) is 84.8 cm³/mol. The van der Waals surface area contributed by atoms with E-state index in [9.17, 15) is 15.2 Å². The summed E-state index contributed by atoms with van der Waals surface area (Å²) < 4.78 is 0. The van der Waals surface area contributed by atoms with Gasteiger partial charge in [0.15, 0.2) is 5.60 Å². The molecule has 0 saturated heterocycles. The van der Waals surface area contributed by atoms with E-state index in [2.05, 4.69) is 19.9 Å². The van der Waals surface area contributed by atoms with Gasteiger partial charge in [-0.2, -0.15) is 5.26 Å². The highest BCUT2D eigenvalue weighted by Crippen LogP contribution is 2.61. The van der Waals surface area contributed by atoms with Crippen molar-refractivity contribution in [3.8, 4) is 6.07 Å². The Morgan fingerprint density at radius 2 is 1.86 bits per heavy atom. The Bertz CT molecular complexity index is 510. The molecule has 3 rings (SSSR count). The third-order valence-corrected chi connectivity index (χ3v) is 7.67. The zero-order valence-corrected chi connectivity index (χ0v) is 14.1. The lowest BCUT2D eigenvalue weighted by molar-refractivity contribution is -0.148. The van der Waals surface area contributed by atoms with E-state index in [1.165, 1.54) is 6.42 Å². The number of Topliss-reactive ketones (excluding diaryl/α,β-unsaturated/α-hetero) is 1. The first-order valence-corrected chi connectivity index (χ1v) is 8.97. The van der Waals surface area contributed by atoms with E-state index >= 15 is 0 Å². The fourth-order valence-corrected chi connectivity index (χ4v) is 6.34. The molecule has 3 aliphatic rings. The summed E-state index contributed by atoms with van der Waals surface area (Å²) in [7, 11) is 0. The van der Waals surface area contributed by atoms with Crippen LogP contribution in [0.25, 0.3) is 0 Å². The topological polar surface area (TPSA) is 61.1 Å². The van der Waals surface area contributed by atoms with E-state index in [0.717, 1.165) is 32.1 Å². The smallest absolute Gasteiger partial charge is 0.153 e. The Hall–Kier alpha value is -0.880. The van der Waals surface area contributed by atoms with Crippen LogP contribution in [0.4, 0.5) is 0 Å². The van der Waals surface area contributed by atoms with Crippen molar-refractivity contribution in [2.45, 2.75) is 71.3 Å². The summed E-state index contributed by atoms with van der Waals surface area (Å²) in [5.74, 6) is 2.27. The van der Waals surface area contributed by atoms with Crippen LogP contribution in [-0.2, 0) is 4.79 Å². The SMILES string of the molecule is CC(=O)C1CCC[C@H]2[C@@H]3CCC(O)(C#N)C(C)[C@H]3CC[C@]12C. The monoisotopic (exact) mass is 303 g/mol. The summed E-state index contributed by atoms with van der Waals surface area (Å²) in [6.45, 7) is 6.17. The number of ketones is 1. The lowest BCUT2D eigenvalue weighted by Crippen LogP contribution is -2.56. The number of aliphatic hydroxyl groups is 1. The van der Waals surface area contributed by atoms with Crippen molar-refractivity contribution in [1.82, 2.24) is 0 Å². The third-order valence-electron chi connectivity index (χ3n) is 7.67. The number of carbonyl (C=O) groups excluding carboxylic acids is 1. The van der Waals surface area contributed by atoms with Gasteiger partial charge in [-0.3, -0.25) is 4.79 Å². The molecule has 0 radical (unpaired) electrons. The van der Waals surface area contributed by atoms with Gasteiger partial charge < -0.3 is 5.11 Å². The fraction of sp³-hybridized carbons (Fsp3) is 0.895. The molecule has 0 spiro atoms. The van der Waals surface area contributed by atoms with Crippen LogP contribution in [0.3, 0.4) is 0 Å². The number of hydrogen-bond donors (Lipinski definition) is 1. The first kappa shape index (κ1) is 16.0. The van der Waals surface area contributed by atoms with Crippen molar-refractivity contribution in [3.63, 3.8) is 0 Å². The van der Waals surface area contributed by atoms with Crippen LogP contribution in [-0.4, -0.2) is 16.5 Å². The normalized spacial score (nSPS) is 51.3. The van der Waals surface area contributed by atoms with Crippen molar-refractivity contribution in [2.75, 3.05) is 0 Å². The minimum absolute atomic E-state index is 0.0542. The van der Waals surface area contributed by atoms with Gasteiger partial charge in [0.2, 0.25) is 0 Å². The van der Waals surface area contributed by atoms with E-state index < -0.39 is 5.60 Å². The van der Waals surface area contributed by atoms with Crippen LogP contribution in [0.1, 0.15) is 65.7 Å². The van der Waals surface area contributed by atoms with Crippen molar-refractivity contribution >= 4 is 5.78 Å². The summed E-state index contributed by atoms with van der Waals surface area (Å²) in [5.41, 5.74) is -0.989. The van der Waals surface area contributed by atoms with Crippen LogP contribution in [0.5, 0.6) is 0 Å². The molecule has 0 aliphatic heterocycles. The molecule has 0 aromatic heterocycles. The molecule has 3 saturated carbocycles. The van der Waals surface area contributed by atoms with Gasteiger partial charge in [-0.1, -0.05) is 20.3 Å². The van der Waals surface area contributed by atoms with Crippen molar-refractivity contribution < 1.29 is 9.90 Å². The maximum Gasteiger partial charge on any atom is 0.153 e. The number of fused-ring (bicyclic) bond motifs is 3. The molecular formula is C19H29NO2. The second kappa shape index (κ2) is 5.34. The zero-order valence-electron chi connectivity index (χ0n) is 14.1. The summed E-state index contributed by atoms with van der Waals surface area (Å²) in [5, 5.41) is 19.9. The van der Waals surface area contributed by atoms with Gasteiger partial charge in [0.1, 0.15) is 5.78 Å². The molecule has 122 valence electrons. The average molecular weight is 303 g/mol. The van der Waals surface area contributed by atoms with Crippen LogP contribution in [0, 0.1) is 46.3 Å². The first-order valence-electron chi connectivity index (χ1n) is 8.97. The van der Waals surface area contributed by atoms with Gasteiger partial charge in [-0.25, -0.2) is 0 Å². The minimum atomic E-state index is -1.14. The van der Waals surface area contributed by atoms with Crippen LogP contribution >= 0.6 is 0 Å². The average Bonchev–Trinajstić information content (AvgIpc) is 2.49. The number of nitrogens with zero attached hydrogens (tertiary/aromatic N) is 1. The summed E-state index contributed by atoms with van der Waals surface area (Å²) in [6, 6.07) is 2.17. The lowest BCUT2D eigenvalue weighted by atomic mass is 9.45. The highest BCUT2D eigenvalue weighted by Gasteiger charge is 2.57. The van der Waals surface area contributed by atoms with E-state index in [0.29, 0.717) is 30.0 Å². The third kappa shape index (κ3) is 2.14. The molecule has 0 bridgehead atoms. The quantitative estimate of drug-likeness (QED) is 0.751. The number of hydrogen-bond acceptors (Lipinski definition) is 3. The molecule has 1 N–H and O–H groups in total. The predicted octanol–water partition coefficient (Wildman–Crippen LogP) is 3.71. The highest BCUT2D eigenvalue weighted by atomic mass is 16.3. The van der Waals surface area contributed by atoms with Crippen LogP contribution < -0.4 is 0 Å². The van der Waals surface area contributed by atoms with Crippen molar-refractivity contribution in [3.05, 3.63) is 0 Å². The summed E-state index contributed by atoms with van der Waals surface area (Å²) >= 11 is 0. The Balaban J connectivity index is 1.89. The zero-order chi connectivity index (χ0) is 16.1. The van der Waals surface area contributed by atoms with Crippen molar-refractivity contribution in [2.24, 2.45) is 35.0 Å². The van der Waals surface area contributed by atoms with Gasteiger partial charge in [0.25, 0.3) is 0 Å². The molecule has 3 fully saturated rings. The molecule has 22 heavy (non-hydrogen) atoms. The summed E-state index contributed by atoms with van der Waals surface area (Å²) in [6.07, 6.45) is 7.12. The van der Waals surface area contributed by atoms with Gasteiger partial charge in [-0.15, -0.1) is 0 Å². The largest absolute Gasteiger partial charge is 0.375 e. The highest BCUT2D eigenvalue weighted by molar-refractivity contribution is 5.79. The number of rotatable bonds is 1. The van der Waals surface area contributed by atoms with Gasteiger partial charge in [-0.05, 0) is 68.6 Å². The molecule has 7 atom stereocenters. The van der Waals surface area contributed by atoms with Crippen LogP contribution in [0.15, 0.2) is 0 Å². The Morgan fingerprint density at radius 1 is 1.18 bits per heavy atom. The van der Waals surface area contributed by atoms with E-state index in [-0.39, 0.29) is 17.3 Å². The molecule has 3 aliphatic carbocycles. The van der Waals surface area contributed by atoms with E-state index in [1.807, 2.05) is 0 Å². The van der Waals surface area contributed by atoms with Gasteiger partial charge in [0.05, 0.1) is 6.07 Å². The van der Waals surface area contributed by atoms with Crippen molar-refractivity contribution in [1.29, 1.82) is 5.26 Å². The molecule has 3 heteroatoms. The molecule has 0 aromatic rings. The van der Waals surface area contributed by atoms with Gasteiger partial charge in [0, 0.05) is 11.8 Å². The Morgan fingerprint density at radius 3 is 2.50 bits per heavy atom. The molecule has 0 amide bonds. The second-order valence-electron chi connectivity index (χ2n) is 8.44. The molecule has 3 unspecified atom stereocenters. The summed E-state index contributed by atoms with van der Waals surface area (Å²) in [4.78, 5) is 12.1. The Kier molecular flexibility index (Phi) is 3.88. The molecule has 3 nitrogen and oxygen atoms in total. The standard InChI is InChI=1S/C19H29NO2/c1-12-14-7-9-18(3)16(13(2)21)5-4-6-17(18)15(14)8-10-19(12,22)11-20/h12,14-17,22H,4-10H2,1-3H3/t12?,14-,15-,16?,17+,18-,19?/m1/s1. The molecule has 0 heterocycles. The maximum absolute atomic E-state index is 12.1. The minimum Gasteiger partial charge on any atom is -0.375 e. The second-order valence-corrected chi connectivity index (χ2v) is 8.44. The van der Waals surface area contributed by atoms with Crippen LogP contribution in [0.2, 0.25) is 0 Å². The van der Waals surface area contributed by atoms with E-state index in [4.69, 9.17) is 0 Å². The first-order chi connectivity index (χ1) is 10.3. The maximum atomic E-state index is 12.1. The molecule has 0 aromatic carbocycles.